The first-order chi connectivity index (χ1) is 15.4. The van der Waals surface area contributed by atoms with E-state index < -0.39 is 11.5 Å². The second kappa shape index (κ2) is 11.6. The lowest BCUT2D eigenvalue weighted by Crippen LogP contribution is -2.61. The fourth-order valence-corrected chi connectivity index (χ4v) is 5.19. The maximum Gasteiger partial charge on any atom is 0.245 e. The molecule has 4 atom stereocenters. The Labute approximate surface area is 200 Å². The minimum Gasteiger partial charge on any atom is -0.358 e. The Morgan fingerprint density at radius 3 is 2.18 bits per heavy atom. The van der Waals surface area contributed by atoms with Gasteiger partial charge in [-0.2, -0.15) is 0 Å². The van der Waals surface area contributed by atoms with Gasteiger partial charge in [0.25, 0.3) is 0 Å². The summed E-state index contributed by atoms with van der Waals surface area (Å²) in [5.41, 5.74) is -0.423. The molecule has 0 aromatic heterocycles. The van der Waals surface area contributed by atoms with Crippen molar-refractivity contribution in [3.05, 3.63) is 0 Å². The number of likely N-dealkylation sites (N-methyl/N-ethyl adjacent to an activating group) is 3. The van der Waals surface area contributed by atoms with Crippen LogP contribution in [0.1, 0.15) is 66.7 Å². The predicted molar refractivity (Wildman–Crippen MR) is 132 cm³/mol. The summed E-state index contributed by atoms with van der Waals surface area (Å²) in [5, 5.41) is 5.88. The minimum atomic E-state index is -0.611. The van der Waals surface area contributed by atoms with E-state index in [9.17, 15) is 14.4 Å². The summed E-state index contributed by atoms with van der Waals surface area (Å²) in [6, 6.07) is -0.984. The maximum absolute atomic E-state index is 13.8. The zero-order valence-electron chi connectivity index (χ0n) is 22.1. The number of rotatable bonds is 8. The summed E-state index contributed by atoms with van der Waals surface area (Å²) in [6.45, 7) is 12.6. The molecule has 0 radical (unpaired) electrons. The average Bonchev–Trinajstić information content (AvgIpc) is 3.21. The van der Waals surface area contributed by atoms with Crippen LogP contribution in [0.25, 0.3) is 0 Å². The Kier molecular flexibility index (Phi) is 9.73. The van der Waals surface area contributed by atoms with Crippen LogP contribution in [0.5, 0.6) is 0 Å². The molecule has 2 heterocycles. The van der Waals surface area contributed by atoms with Crippen LogP contribution < -0.4 is 10.6 Å². The topological polar surface area (TPSA) is 85.0 Å². The molecule has 0 bridgehead atoms. The highest BCUT2D eigenvalue weighted by atomic mass is 16.2. The number of amides is 3. The molecular weight excluding hydrogens is 418 g/mol. The zero-order chi connectivity index (χ0) is 24.9. The van der Waals surface area contributed by atoms with Crippen molar-refractivity contribution in [3.8, 4) is 0 Å². The van der Waals surface area contributed by atoms with Gasteiger partial charge >= 0.3 is 0 Å². The van der Waals surface area contributed by atoms with Gasteiger partial charge in [-0.1, -0.05) is 41.0 Å². The van der Waals surface area contributed by atoms with Crippen molar-refractivity contribution in [3.63, 3.8) is 0 Å². The highest BCUT2D eigenvalue weighted by Gasteiger charge is 2.40. The van der Waals surface area contributed by atoms with Crippen molar-refractivity contribution in [1.29, 1.82) is 0 Å². The van der Waals surface area contributed by atoms with Crippen LogP contribution in [0.4, 0.5) is 0 Å². The predicted octanol–water partition coefficient (Wildman–Crippen LogP) is 1.70. The molecule has 0 saturated carbocycles. The number of hydrogen-bond donors (Lipinski definition) is 2. The number of hydrogen-bond acceptors (Lipinski definition) is 5. The van der Waals surface area contributed by atoms with E-state index in [4.69, 9.17) is 0 Å². The second-order valence-corrected chi connectivity index (χ2v) is 11.3. The average molecular weight is 466 g/mol. The van der Waals surface area contributed by atoms with Gasteiger partial charge in [0, 0.05) is 26.7 Å². The van der Waals surface area contributed by atoms with Gasteiger partial charge < -0.3 is 15.5 Å². The first-order valence-corrected chi connectivity index (χ1v) is 12.6. The molecule has 2 fully saturated rings. The molecule has 0 aliphatic carbocycles. The Morgan fingerprint density at radius 2 is 1.64 bits per heavy atom. The van der Waals surface area contributed by atoms with E-state index in [-0.39, 0.29) is 41.8 Å². The molecule has 2 N–H and O–H groups in total. The van der Waals surface area contributed by atoms with E-state index in [0.29, 0.717) is 6.54 Å². The number of carbonyl (C=O) groups is 3. The molecule has 190 valence electrons. The van der Waals surface area contributed by atoms with Crippen molar-refractivity contribution >= 4 is 17.7 Å². The molecule has 0 spiro atoms. The van der Waals surface area contributed by atoms with Gasteiger partial charge in [0.05, 0.1) is 12.1 Å². The standard InChI is InChI=1S/C25H47N5O3/c1-17(2)20(16-30-15-11-13-19(30)22(31)26-6)29(8)24(33)21(25(3,4)5)27-23(32)18-12-9-10-14-28(18)7/h17-21H,9-16H2,1-8H3,(H,26,31)(H,27,32). The monoisotopic (exact) mass is 465 g/mol. The summed E-state index contributed by atoms with van der Waals surface area (Å²) in [5.74, 6) is 0.133. The highest BCUT2D eigenvalue weighted by molar-refractivity contribution is 5.90. The van der Waals surface area contributed by atoms with Crippen LogP contribution in [-0.2, 0) is 14.4 Å². The SMILES string of the molecule is CNC(=O)C1CCCN1CC(C(C)C)N(C)C(=O)C(NC(=O)C1CCCCN1C)C(C)(C)C. The number of nitrogens with zero attached hydrogens (tertiary/aromatic N) is 3. The molecule has 2 aliphatic rings. The van der Waals surface area contributed by atoms with E-state index in [0.717, 1.165) is 45.2 Å². The molecule has 0 aromatic rings. The highest BCUT2D eigenvalue weighted by Crippen LogP contribution is 2.26. The van der Waals surface area contributed by atoms with Crippen LogP contribution in [0.15, 0.2) is 0 Å². The zero-order valence-corrected chi connectivity index (χ0v) is 22.1. The fraction of sp³-hybridized carbons (Fsp3) is 0.880. The van der Waals surface area contributed by atoms with Crippen LogP contribution in [-0.4, -0.2) is 97.4 Å². The lowest BCUT2D eigenvalue weighted by atomic mass is 9.84. The molecule has 0 aromatic carbocycles. The summed E-state index contributed by atoms with van der Waals surface area (Å²) in [7, 11) is 5.50. The molecule has 33 heavy (non-hydrogen) atoms. The maximum atomic E-state index is 13.8. The first kappa shape index (κ1) is 27.6. The molecule has 4 unspecified atom stereocenters. The lowest BCUT2D eigenvalue weighted by molar-refractivity contribution is -0.142. The summed E-state index contributed by atoms with van der Waals surface area (Å²) < 4.78 is 0. The quantitative estimate of drug-likeness (QED) is 0.570. The molecule has 8 nitrogen and oxygen atoms in total. The van der Waals surface area contributed by atoms with E-state index in [1.54, 1.807) is 7.05 Å². The van der Waals surface area contributed by atoms with Gasteiger partial charge in [0.15, 0.2) is 0 Å². The molecule has 2 aliphatic heterocycles. The number of nitrogens with one attached hydrogen (secondary N) is 2. The van der Waals surface area contributed by atoms with E-state index in [2.05, 4.69) is 34.3 Å². The molecular formula is C25H47N5O3. The Bertz CT molecular complexity index is 690. The third-order valence-electron chi connectivity index (χ3n) is 7.42. The van der Waals surface area contributed by atoms with Crippen LogP contribution >= 0.6 is 0 Å². The minimum absolute atomic E-state index is 0.0421. The van der Waals surface area contributed by atoms with Crippen molar-refractivity contribution < 1.29 is 14.4 Å². The molecule has 3 amide bonds. The van der Waals surface area contributed by atoms with Gasteiger partial charge in [0.2, 0.25) is 17.7 Å². The van der Waals surface area contributed by atoms with Gasteiger partial charge in [0.1, 0.15) is 6.04 Å². The summed E-state index contributed by atoms with van der Waals surface area (Å²) in [6.07, 6.45) is 4.80. The Morgan fingerprint density at radius 1 is 1.00 bits per heavy atom. The largest absolute Gasteiger partial charge is 0.358 e. The van der Waals surface area contributed by atoms with E-state index >= 15 is 0 Å². The van der Waals surface area contributed by atoms with Crippen LogP contribution in [0, 0.1) is 11.3 Å². The lowest BCUT2D eigenvalue weighted by Gasteiger charge is -2.41. The summed E-state index contributed by atoms with van der Waals surface area (Å²) >= 11 is 0. The van der Waals surface area contributed by atoms with Gasteiger partial charge in [-0.25, -0.2) is 0 Å². The smallest absolute Gasteiger partial charge is 0.245 e. The summed E-state index contributed by atoms with van der Waals surface area (Å²) in [4.78, 5) is 45.4. The number of piperidine rings is 1. The Balaban J connectivity index is 2.17. The fourth-order valence-electron chi connectivity index (χ4n) is 5.19. The van der Waals surface area contributed by atoms with E-state index in [1.807, 2.05) is 39.8 Å². The van der Waals surface area contributed by atoms with Crippen molar-refractivity contribution in [2.75, 3.05) is 40.8 Å². The number of likely N-dealkylation sites (tertiary alicyclic amines) is 2. The van der Waals surface area contributed by atoms with Crippen molar-refractivity contribution in [2.24, 2.45) is 11.3 Å². The molecule has 2 rings (SSSR count). The van der Waals surface area contributed by atoms with Gasteiger partial charge in [-0.15, -0.1) is 0 Å². The third kappa shape index (κ3) is 6.92. The second-order valence-electron chi connectivity index (χ2n) is 11.3. The molecule has 8 heteroatoms. The normalized spacial score (nSPS) is 24.4. The van der Waals surface area contributed by atoms with Crippen LogP contribution in [0.2, 0.25) is 0 Å². The van der Waals surface area contributed by atoms with Crippen molar-refractivity contribution in [2.45, 2.75) is 90.9 Å². The van der Waals surface area contributed by atoms with Crippen LogP contribution in [0.3, 0.4) is 0 Å². The number of carbonyl (C=O) groups excluding carboxylic acids is 3. The van der Waals surface area contributed by atoms with Crippen molar-refractivity contribution in [1.82, 2.24) is 25.3 Å². The Hall–Kier alpha value is -1.67. The third-order valence-corrected chi connectivity index (χ3v) is 7.42. The first-order valence-electron chi connectivity index (χ1n) is 12.6. The van der Waals surface area contributed by atoms with Gasteiger partial charge in [-0.05, 0) is 57.2 Å². The molecule has 2 saturated heterocycles. The van der Waals surface area contributed by atoms with E-state index in [1.165, 1.54) is 0 Å². The van der Waals surface area contributed by atoms with Gasteiger partial charge in [-0.3, -0.25) is 24.2 Å².